The highest BCUT2D eigenvalue weighted by atomic mass is 19.1. The summed E-state index contributed by atoms with van der Waals surface area (Å²) >= 11 is 0. The maximum atomic E-state index is 13.2. The number of benzene rings is 1. The zero-order valence-corrected chi connectivity index (χ0v) is 12.0. The van der Waals surface area contributed by atoms with Gasteiger partial charge in [-0.25, -0.2) is 8.78 Å². The molecular weight excluding hydrogens is 260 g/mol. The van der Waals surface area contributed by atoms with Crippen LogP contribution < -0.4 is 5.32 Å². The first-order valence-corrected chi connectivity index (χ1v) is 6.63. The Morgan fingerprint density at radius 2 is 1.80 bits per heavy atom. The molecule has 1 aromatic carbocycles. The van der Waals surface area contributed by atoms with Crippen molar-refractivity contribution in [2.75, 3.05) is 13.6 Å². The van der Waals surface area contributed by atoms with E-state index in [1.807, 2.05) is 20.9 Å². The number of hydrogen-bond acceptors (Lipinski definition) is 2. The molecule has 0 saturated carbocycles. The van der Waals surface area contributed by atoms with Crippen molar-refractivity contribution in [3.05, 3.63) is 52.3 Å². The van der Waals surface area contributed by atoms with Gasteiger partial charge in [0.1, 0.15) is 11.6 Å². The quantitative estimate of drug-likeness (QED) is 0.911. The Morgan fingerprint density at radius 1 is 1.15 bits per heavy atom. The van der Waals surface area contributed by atoms with Crippen LogP contribution >= 0.6 is 0 Å². The molecule has 0 fully saturated rings. The van der Waals surface area contributed by atoms with Gasteiger partial charge >= 0.3 is 0 Å². The highest BCUT2D eigenvalue weighted by Gasteiger charge is 2.12. The second kappa shape index (κ2) is 6.13. The predicted octanol–water partition coefficient (Wildman–Crippen LogP) is 2.59. The fourth-order valence-corrected chi connectivity index (χ4v) is 2.37. The minimum Gasteiger partial charge on any atom is -0.319 e. The van der Waals surface area contributed by atoms with E-state index >= 15 is 0 Å². The minimum absolute atomic E-state index is 0.376. The molecule has 1 heterocycles. The summed E-state index contributed by atoms with van der Waals surface area (Å²) in [5.74, 6) is -1.12. The third-order valence-electron chi connectivity index (χ3n) is 3.41. The van der Waals surface area contributed by atoms with Gasteiger partial charge in [0.25, 0.3) is 0 Å². The van der Waals surface area contributed by atoms with E-state index in [1.165, 1.54) is 17.7 Å². The zero-order valence-electron chi connectivity index (χ0n) is 12.0. The first-order chi connectivity index (χ1) is 9.51. The number of rotatable bonds is 5. The average Bonchev–Trinajstić information content (AvgIpc) is 2.61. The molecule has 20 heavy (non-hydrogen) atoms. The molecule has 0 saturated heterocycles. The molecule has 0 aliphatic carbocycles. The van der Waals surface area contributed by atoms with Crippen LogP contribution in [0, 0.1) is 25.5 Å². The summed E-state index contributed by atoms with van der Waals surface area (Å²) in [4.78, 5) is 0. The molecule has 0 aliphatic heterocycles. The number of nitrogens with one attached hydrogen (secondary N) is 1. The van der Waals surface area contributed by atoms with Crippen molar-refractivity contribution in [2.45, 2.75) is 26.8 Å². The lowest BCUT2D eigenvalue weighted by Gasteiger charge is -2.06. The third kappa shape index (κ3) is 3.22. The van der Waals surface area contributed by atoms with Crippen LogP contribution in [0.2, 0.25) is 0 Å². The summed E-state index contributed by atoms with van der Waals surface area (Å²) in [6.07, 6.45) is 0.895. The molecule has 0 radical (unpaired) electrons. The Balaban J connectivity index is 2.25. The van der Waals surface area contributed by atoms with Crippen LogP contribution in [0.3, 0.4) is 0 Å². The first kappa shape index (κ1) is 14.7. The van der Waals surface area contributed by atoms with Gasteiger partial charge in [-0.2, -0.15) is 5.10 Å². The van der Waals surface area contributed by atoms with E-state index in [1.54, 1.807) is 4.68 Å². The van der Waals surface area contributed by atoms with E-state index in [9.17, 15) is 8.78 Å². The number of halogens is 2. The van der Waals surface area contributed by atoms with Gasteiger partial charge in [0.05, 0.1) is 12.2 Å². The smallest absolute Gasteiger partial charge is 0.126 e. The highest BCUT2D eigenvalue weighted by Crippen LogP contribution is 2.16. The van der Waals surface area contributed by atoms with Crippen LogP contribution in [-0.4, -0.2) is 23.4 Å². The molecule has 0 unspecified atom stereocenters. The second-order valence-electron chi connectivity index (χ2n) is 4.94. The van der Waals surface area contributed by atoms with Gasteiger partial charge in [-0.1, -0.05) is 0 Å². The number of hydrogen-bond donors (Lipinski definition) is 1. The lowest BCUT2D eigenvalue weighted by Crippen LogP contribution is -2.11. The van der Waals surface area contributed by atoms with E-state index in [2.05, 4.69) is 10.4 Å². The molecule has 2 aromatic rings. The van der Waals surface area contributed by atoms with Gasteiger partial charge < -0.3 is 5.32 Å². The van der Waals surface area contributed by atoms with Crippen molar-refractivity contribution < 1.29 is 8.78 Å². The Bertz CT molecular complexity index is 585. The fourth-order valence-electron chi connectivity index (χ4n) is 2.37. The van der Waals surface area contributed by atoms with Crippen molar-refractivity contribution in [3.63, 3.8) is 0 Å². The zero-order chi connectivity index (χ0) is 14.7. The van der Waals surface area contributed by atoms with Gasteiger partial charge in [-0.3, -0.25) is 4.68 Å². The van der Waals surface area contributed by atoms with E-state index in [4.69, 9.17) is 0 Å². The summed E-state index contributed by atoms with van der Waals surface area (Å²) in [5, 5.41) is 7.57. The van der Waals surface area contributed by atoms with Crippen LogP contribution in [0.25, 0.3) is 0 Å². The number of nitrogens with zero attached hydrogens (tertiary/aromatic N) is 2. The van der Waals surface area contributed by atoms with Crippen molar-refractivity contribution >= 4 is 0 Å². The molecule has 1 aromatic heterocycles. The summed E-state index contributed by atoms with van der Waals surface area (Å²) in [6.45, 7) is 5.20. The largest absolute Gasteiger partial charge is 0.319 e. The molecule has 5 heteroatoms. The number of likely N-dealkylation sites (N-methyl/N-ethyl adjacent to an activating group) is 1. The SMILES string of the molecule is CNCCc1c(C)nn(Cc2cc(F)cc(F)c2)c1C. The van der Waals surface area contributed by atoms with Crippen molar-refractivity contribution in [3.8, 4) is 0 Å². The van der Waals surface area contributed by atoms with Crippen molar-refractivity contribution in [1.82, 2.24) is 15.1 Å². The molecule has 108 valence electrons. The average molecular weight is 279 g/mol. The normalized spacial score (nSPS) is 11.1. The van der Waals surface area contributed by atoms with Gasteiger partial charge in [-0.15, -0.1) is 0 Å². The Hall–Kier alpha value is -1.75. The van der Waals surface area contributed by atoms with Crippen LogP contribution in [0.15, 0.2) is 18.2 Å². The summed E-state index contributed by atoms with van der Waals surface area (Å²) < 4.78 is 28.2. The van der Waals surface area contributed by atoms with Gasteiger partial charge in [-0.05, 0) is 57.1 Å². The number of aryl methyl sites for hydroxylation is 1. The molecule has 0 bridgehead atoms. The minimum atomic E-state index is -0.558. The van der Waals surface area contributed by atoms with E-state index < -0.39 is 11.6 Å². The summed E-state index contributed by atoms with van der Waals surface area (Å²) in [5.41, 5.74) is 3.78. The Labute approximate surface area is 117 Å². The lowest BCUT2D eigenvalue weighted by atomic mass is 10.1. The molecule has 0 amide bonds. The Morgan fingerprint density at radius 3 is 2.40 bits per heavy atom. The van der Waals surface area contributed by atoms with Crippen molar-refractivity contribution in [2.24, 2.45) is 0 Å². The predicted molar refractivity (Wildman–Crippen MR) is 74.8 cm³/mol. The van der Waals surface area contributed by atoms with Crippen LogP contribution in [0.4, 0.5) is 8.78 Å². The second-order valence-corrected chi connectivity index (χ2v) is 4.94. The molecular formula is C15H19F2N3. The first-order valence-electron chi connectivity index (χ1n) is 6.63. The van der Waals surface area contributed by atoms with E-state index in [-0.39, 0.29) is 0 Å². The maximum Gasteiger partial charge on any atom is 0.126 e. The fraction of sp³-hybridized carbons (Fsp3) is 0.400. The monoisotopic (exact) mass is 279 g/mol. The molecule has 3 nitrogen and oxygen atoms in total. The van der Waals surface area contributed by atoms with Crippen LogP contribution in [-0.2, 0) is 13.0 Å². The van der Waals surface area contributed by atoms with E-state index in [0.717, 1.165) is 30.4 Å². The van der Waals surface area contributed by atoms with Crippen LogP contribution in [0.1, 0.15) is 22.5 Å². The van der Waals surface area contributed by atoms with Crippen molar-refractivity contribution in [1.29, 1.82) is 0 Å². The molecule has 0 spiro atoms. The third-order valence-corrected chi connectivity index (χ3v) is 3.41. The topological polar surface area (TPSA) is 29.9 Å². The Kier molecular flexibility index (Phi) is 4.49. The summed E-state index contributed by atoms with van der Waals surface area (Å²) in [6, 6.07) is 3.56. The molecule has 0 atom stereocenters. The van der Waals surface area contributed by atoms with Gasteiger partial charge in [0, 0.05) is 11.8 Å². The number of aromatic nitrogens is 2. The van der Waals surface area contributed by atoms with Crippen LogP contribution in [0.5, 0.6) is 0 Å². The maximum absolute atomic E-state index is 13.2. The lowest BCUT2D eigenvalue weighted by molar-refractivity contribution is 0.572. The molecule has 1 N–H and O–H groups in total. The molecule has 2 rings (SSSR count). The van der Waals surface area contributed by atoms with Gasteiger partial charge in [0.2, 0.25) is 0 Å². The standard InChI is InChI=1S/C15H19F2N3/c1-10-15(4-5-18-3)11(2)20(19-10)9-12-6-13(16)8-14(17)7-12/h6-8,18H,4-5,9H2,1-3H3. The van der Waals surface area contributed by atoms with E-state index in [0.29, 0.717) is 12.1 Å². The highest BCUT2D eigenvalue weighted by molar-refractivity contribution is 5.26. The molecule has 0 aliphatic rings. The summed E-state index contributed by atoms with van der Waals surface area (Å²) in [7, 11) is 1.91. The van der Waals surface area contributed by atoms with Gasteiger partial charge in [0.15, 0.2) is 0 Å².